The van der Waals surface area contributed by atoms with Crippen molar-refractivity contribution in [2.75, 3.05) is 0 Å². The highest BCUT2D eigenvalue weighted by Crippen LogP contribution is 2.61. The molecule has 3 saturated heterocycles. The highest BCUT2D eigenvalue weighted by atomic mass is 32.2. The summed E-state index contributed by atoms with van der Waals surface area (Å²) in [5.41, 5.74) is -2.78. The number of carboxylic acid groups (broad SMARTS) is 1. The zero-order valence-corrected chi connectivity index (χ0v) is 17.3. The Hall–Kier alpha value is -2.62. The molecule has 1 aromatic rings. The summed E-state index contributed by atoms with van der Waals surface area (Å²) in [6, 6.07) is 7.57. The van der Waals surface area contributed by atoms with Crippen LogP contribution in [0.5, 0.6) is 0 Å². The Morgan fingerprint density at radius 3 is 2.31 bits per heavy atom. The summed E-state index contributed by atoms with van der Waals surface area (Å²) in [5, 5.41) is 14.3. The summed E-state index contributed by atoms with van der Waals surface area (Å²) in [6.07, 6.45) is 0.226. The maximum Gasteiger partial charge on any atom is 0.352 e. The monoisotopic (exact) mass is 418 g/mol. The van der Waals surface area contributed by atoms with Crippen molar-refractivity contribution in [3.63, 3.8) is 0 Å². The summed E-state index contributed by atoms with van der Waals surface area (Å²) in [4.78, 5) is 53.4. The maximum absolute atomic E-state index is 13.7. The number of aliphatic carboxylic acids is 1. The molecule has 3 aliphatic rings. The molecule has 3 aliphatic heterocycles. The molecule has 154 valence electrons. The smallest absolute Gasteiger partial charge is 0.352 e. The molecule has 1 N–H and O–H groups in total. The number of carboxylic acids is 1. The molecule has 3 fully saturated rings. The van der Waals surface area contributed by atoms with E-state index in [2.05, 4.69) is 5.29 Å². The van der Waals surface area contributed by atoms with E-state index in [1.165, 1.54) is 21.6 Å². The van der Waals surface area contributed by atoms with Crippen molar-refractivity contribution in [1.82, 2.24) is 14.8 Å². The van der Waals surface area contributed by atoms with Gasteiger partial charge in [-0.15, -0.1) is 16.7 Å². The van der Waals surface area contributed by atoms with Crippen molar-refractivity contribution in [3.05, 3.63) is 40.8 Å². The molecule has 10 heteroatoms. The van der Waals surface area contributed by atoms with Crippen LogP contribution in [-0.4, -0.2) is 59.1 Å². The van der Waals surface area contributed by atoms with Crippen LogP contribution in [0.2, 0.25) is 0 Å². The maximum atomic E-state index is 13.7. The zero-order chi connectivity index (χ0) is 21.4. The highest BCUT2D eigenvalue weighted by molar-refractivity contribution is 8.01. The number of thioether (sulfide) groups is 1. The molecule has 1 aromatic carbocycles. The summed E-state index contributed by atoms with van der Waals surface area (Å²) < 4.78 is -1.01. The van der Waals surface area contributed by atoms with Gasteiger partial charge in [-0.2, -0.15) is 0 Å². The minimum Gasteiger partial charge on any atom is -0.478 e. The lowest BCUT2D eigenvalue weighted by Crippen LogP contribution is -2.78. The standard InChI is InChI=1S/C19H22N4O5S/c1-17(2)19(16(26)27,21-12(24)10-13(21)29-17)22-15(25)14(11-8-6-5-7-9-11)23(20-28)18(22,3)4/h5-9,13-14H,10H2,1-4H3,(H,26,27). The summed E-state index contributed by atoms with van der Waals surface area (Å²) >= 11 is 1.36. The molecule has 4 rings (SSSR count). The van der Waals surface area contributed by atoms with Crippen molar-refractivity contribution in [1.29, 1.82) is 0 Å². The van der Waals surface area contributed by atoms with Gasteiger partial charge < -0.3 is 5.11 Å². The van der Waals surface area contributed by atoms with E-state index >= 15 is 0 Å². The lowest BCUT2D eigenvalue weighted by molar-refractivity contribution is -0.200. The molecule has 0 radical (unpaired) electrons. The second-order valence-electron chi connectivity index (χ2n) is 8.44. The second-order valence-corrected chi connectivity index (χ2v) is 10.2. The van der Waals surface area contributed by atoms with E-state index in [1.54, 1.807) is 58.0 Å². The van der Waals surface area contributed by atoms with E-state index in [1.807, 2.05) is 0 Å². The Balaban J connectivity index is 1.95. The van der Waals surface area contributed by atoms with Gasteiger partial charge in [0.2, 0.25) is 11.6 Å². The summed E-state index contributed by atoms with van der Waals surface area (Å²) in [6.45, 7) is 6.60. The fourth-order valence-electron chi connectivity index (χ4n) is 4.95. The summed E-state index contributed by atoms with van der Waals surface area (Å²) in [7, 11) is 0. The first-order valence-electron chi connectivity index (χ1n) is 9.27. The van der Waals surface area contributed by atoms with Crippen LogP contribution in [0.25, 0.3) is 0 Å². The second kappa shape index (κ2) is 5.94. The Bertz CT molecular complexity index is 920. The number of hydrogen-bond donors (Lipinski definition) is 1. The number of carbonyl (C=O) groups is 3. The molecule has 29 heavy (non-hydrogen) atoms. The molecular formula is C19H22N4O5S. The number of β-lactam (4-membered cyclic amide) rings is 1. The molecule has 0 saturated carbocycles. The van der Waals surface area contributed by atoms with Crippen LogP contribution in [0.15, 0.2) is 35.6 Å². The van der Waals surface area contributed by atoms with Gasteiger partial charge in [0.05, 0.1) is 21.8 Å². The Kier molecular flexibility index (Phi) is 4.03. The van der Waals surface area contributed by atoms with E-state index in [0.717, 1.165) is 5.01 Å². The van der Waals surface area contributed by atoms with Crippen LogP contribution in [0.1, 0.15) is 45.7 Å². The molecule has 3 heterocycles. The third-order valence-corrected chi connectivity index (χ3v) is 7.68. The molecule has 2 amide bonds. The molecule has 9 nitrogen and oxygen atoms in total. The third-order valence-electron chi connectivity index (χ3n) is 6.16. The average Bonchev–Trinajstić information content (AvgIpc) is 2.95. The van der Waals surface area contributed by atoms with Crippen molar-refractivity contribution >= 4 is 29.5 Å². The van der Waals surface area contributed by atoms with Crippen LogP contribution in [-0.2, 0) is 14.4 Å². The number of rotatable bonds is 4. The Morgan fingerprint density at radius 1 is 1.17 bits per heavy atom. The van der Waals surface area contributed by atoms with Gasteiger partial charge in [-0.1, -0.05) is 30.3 Å². The minimum absolute atomic E-state index is 0.226. The van der Waals surface area contributed by atoms with Gasteiger partial charge in [-0.3, -0.25) is 19.4 Å². The topological polar surface area (TPSA) is 111 Å². The number of hydrogen-bond acceptors (Lipinski definition) is 6. The average molecular weight is 418 g/mol. The lowest BCUT2D eigenvalue weighted by Gasteiger charge is -2.54. The number of carbonyl (C=O) groups excluding carboxylic acids is 2. The minimum atomic E-state index is -1.94. The van der Waals surface area contributed by atoms with Crippen molar-refractivity contribution in [2.45, 2.75) is 61.6 Å². The molecule has 0 aliphatic carbocycles. The highest BCUT2D eigenvalue weighted by Gasteiger charge is 2.77. The number of amides is 2. The van der Waals surface area contributed by atoms with Gasteiger partial charge in [-0.25, -0.2) is 9.80 Å². The predicted octanol–water partition coefficient (Wildman–Crippen LogP) is 2.15. The van der Waals surface area contributed by atoms with Crippen LogP contribution in [0, 0.1) is 4.91 Å². The first kappa shape index (κ1) is 19.7. The van der Waals surface area contributed by atoms with E-state index in [4.69, 9.17) is 0 Å². The molecule has 0 aromatic heterocycles. The van der Waals surface area contributed by atoms with Gasteiger partial charge in [0.15, 0.2) is 6.04 Å². The van der Waals surface area contributed by atoms with Crippen LogP contribution >= 0.6 is 11.8 Å². The fourth-order valence-corrected chi connectivity index (χ4v) is 6.68. The van der Waals surface area contributed by atoms with Crippen molar-refractivity contribution in [3.8, 4) is 0 Å². The van der Waals surface area contributed by atoms with E-state index < -0.39 is 34.0 Å². The fraction of sp³-hybridized carbons (Fsp3) is 0.526. The molecule has 0 bridgehead atoms. The number of nitroso groups, excluding NO2 is 1. The first-order valence-corrected chi connectivity index (χ1v) is 10.1. The van der Waals surface area contributed by atoms with Crippen LogP contribution in [0.4, 0.5) is 0 Å². The SMILES string of the molecule is CC1(C)N(N=O)C(c2ccccc2)C(=O)N1C1(C(=O)O)N2C(=O)CC2SC1(C)C. The number of nitrogens with zero attached hydrogens (tertiary/aromatic N) is 4. The van der Waals surface area contributed by atoms with Gasteiger partial charge in [0, 0.05) is 0 Å². The van der Waals surface area contributed by atoms with E-state index in [-0.39, 0.29) is 17.7 Å². The van der Waals surface area contributed by atoms with Crippen LogP contribution < -0.4 is 0 Å². The number of benzene rings is 1. The Labute approximate surface area is 172 Å². The molecule has 3 unspecified atom stereocenters. The largest absolute Gasteiger partial charge is 0.478 e. The normalized spacial score (nSPS) is 32.2. The lowest BCUT2D eigenvalue weighted by atomic mass is 9.86. The quantitative estimate of drug-likeness (QED) is 0.589. The molecular weight excluding hydrogens is 396 g/mol. The first-order chi connectivity index (χ1) is 13.5. The van der Waals surface area contributed by atoms with E-state index in [0.29, 0.717) is 5.56 Å². The van der Waals surface area contributed by atoms with Crippen LogP contribution in [0.3, 0.4) is 0 Å². The third kappa shape index (κ3) is 2.20. The molecule has 0 spiro atoms. The van der Waals surface area contributed by atoms with Gasteiger partial charge in [0.25, 0.3) is 5.91 Å². The van der Waals surface area contributed by atoms with Gasteiger partial charge >= 0.3 is 5.97 Å². The van der Waals surface area contributed by atoms with Crippen molar-refractivity contribution < 1.29 is 19.5 Å². The predicted molar refractivity (Wildman–Crippen MR) is 105 cm³/mol. The van der Waals surface area contributed by atoms with E-state index in [9.17, 15) is 24.4 Å². The molecule has 3 atom stereocenters. The Morgan fingerprint density at radius 2 is 1.79 bits per heavy atom. The van der Waals surface area contributed by atoms with Gasteiger partial charge in [-0.05, 0) is 33.3 Å². The summed E-state index contributed by atoms with van der Waals surface area (Å²) in [5.74, 6) is -2.20. The van der Waals surface area contributed by atoms with Crippen molar-refractivity contribution in [2.24, 2.45) is 5.29 Å². The van der Waals surface area contributed by atoms with Gasteiger partial charge in [0.1, 0.15) is 5.66 Å². The number of fused-ring (bicyclic) bond motifs is 1. The zero-order valence-electron chi connectivity index (χ0n) is 16.5.